The number of aliphatic carboxylic acids is 1. The van der Waals surface area contributed by atoms with E-state index in [9.17, 15) is 14.4 Å². The highest BCUT2D eigenvalue weighted by Crippen LogP contribution is 2.25. The molecule has 3 rings (SSSR count). The van der Waals surface area contributed by atoms with Gasteiger partial charge in [-0.2, -0.15) is 5.10 Å². The van der Waals surface area contributed by atoms with Crippen LogP contribution in [0, 0.1) is 0 Å². The highest BCUT2D eigenvalue weighted by Gasteiger charge is 2.29. The summed E-state index contributed by atoms with van der Waals surface area (Å²) in [7, 11) is 1.79. The van der Waals surface area contributed by atoms with Gasteiger partial charge in [0.05, 0.1) is 5.56 Å². The number of amides is 2. The molecular formula is C21H26N4O4. The minimum Gasteiger partial charge on any atom is -0.480 e. The van der Waals surface area contributed by atoms with Crippen molar-refractivity contribution in [3.8, 4) is 11.3 Å². The molecule has 8 heteroatoms. The van der Waals surface area contributed by atoms with Crippen LogP contribution in [0.4, 0.5) is 0 Å². The molecule has 0 bridgehead atoms. The number of carboxylic acids is 1. The zero-order valence-electron chi connectivity index (χ0n) is 16.7. The minimum atomic E-state index is -1.03. The third-order valence-electron chi connectivity index (χ3n) is 5.24. The summed E-state index contributed by atoms with van der Waals surface area (Å²) in [6.45, 7) is 2.11. The summed E-state index contributed by atoms with van der Waals surface area (Å²) >= 11 is 0. The zero-order chi connectivity index (χ0) is 21.0. The first-order valence-corrected chi connectivity index (χ1v) is 9.74. The van der Waals surface area contributed by atoms with Crippen LogP contribution in [0.2, 0.25) is 0 Å². The monoisotopic (exact) mass is 398 g/mol. The van der Waals surface area contributed by atoms with Crippen molar-refractivity contribution in [1.82, 2.24) is 19.6 Å². The molecule has 0 aliphatic carbocycles. The number of benzene rings is 1. The molecule has 8 nitrogen and oxygen atoms in total. The smallest absolute Gasteiger partial charge is 0.323 e. The van der Waals surface area contributed by atoms with E-state index in [1.165, 1.54) is 11.8 Å². The van der Waals surface area contributed by atoms with Crippen LogP contribution in [0.25, 0.3) is 11.3 Å². The second-order valence-corrected chi connectivity index (χ2v) is 7.35. The predicted molar refractivity (Wildman–Crippen MR) is 107 cm³/mol. The Morgan fingerprint density at radius 1 is 1.17 bits per heavy atom. The standard InChI is InChI=1S/C21H26N4O4/c1-15(26)25(14-19(27)28)17-9-6-11-24(12-10-17)21(29)18-13-23(2)22-20(18)16-7-4-3-5-8-16/h3-5,7-8,13,17H,6,9-12,14H2,1-2H3,(H,27,28). The Bertz CT molecular complexity index is 893. The third kappa shape index (κ3) is 4.82. The molecule has 2 heterocycles. The van der Waals surface area contributed by atoms with Crippen molar-refractivity contribution >= 4 is 17.8 Å². The Balaban J connectivity index is 1.77. The molecule has 0 saturated carbocycles. The van der Waals surface area contributed by atoms with Crippen LogP contribution >= 0.6 is 0 Å². The summed E-state index contributed by atoms with van der Waals surface area (Å²) in [4.78, 5) is 39.4. The molecule has 0 radical (unpaired) electrons. The molecule has 1 fully saturated rings. The molecule has 1 aromatic heterocycles. The fourth-order valence-corrected chi connectivity index (χ4v) is 3.86. The lowest BCUT2D eigenvalue weighted by Crippen LogP contribution is -2.43. The predicted octanol–water partition coefficient (Wildman–Crippen LogP) is 2.01. The molecule has 1 aromatic carbocycles. The topological polar surface area (TPSA) is 95.7 Å². The molecule has 1 aliphatic rings. The largest absolute Gasteiger partial charge is 0.480 e. The van der Waals surface area contributed by atoms with Gasteiger partial charge in [-0.25, -0.2) is 0 Å². The van der Waals surface area contributed by atoms with Gasteiger partial charge in [0.2, 0.25) is 5.91 Å². The quantitative estimate of drug-likeness (QED) is 0.831. The highest BCUT2D eigenvalue weighted by atomic mass is 16.4. The van der Waals surface area contributed by atoms with Gasteiger partial charge in [0, 0.05) is 44.9 Å². The Morgan fingerprint density at radius 2 is 1.90 bits per heavy atom. The van der Waals surface area contributed by atoms with Crippen LogP contribution in [-0.2, 0) is 16.6 Å². The third-order valence-corrected chi connectivity index (χ3v) is 5.24. The van der Waals surface area contributed by atoms with Gasteiger partial charge in [-0.15, -0.1) is 0 Å². The maximum absolute atomic E-state index is 13.2. The second kappa shape index (κ2) is 8.89. The molecule has 2 amide bonds. The van der Waals surface area contributed by atoms with Gasteiger partial charge in [0.25, 0.3) is 5.91 Å². The number of hydrogen-bond donors (Lipinski definition) is 1. The number of aromatic nitrogens is 2. The van der Waals surface area contributed by atoms with E-state index in [0.717, 1.165) is 5.56 Å². The summed E-state index contributed by atoms with van der Waals surface area (Å²) in [6.07, 6.45) is 3.68. The molecule has 154 valence electrons. The van der Waals surface area contributed by atoms with Crippen molar-refractivity contribution < 1.29 is 19.5 Å². The molecule has 1 atom stereocenters. The van der Waals surface area contributed by atoms with Gasteiger partial charge in [0.1, 0.15) is 12.2 Å². The van der Waals surface area contributed by atoms with Gasteiger partial charge in [-0.05, 0) is 19.3 Å². The second-order valence-electron chi connectivity index (χ2n) is 7.35. The number of hydrogen-bond acceptors (Lipinski definition) is 4. The first-order chi connectivity index (χ1) is 13.9. The number of aryl methyl sites for hydroxylation is 1. The minimum absolute atomic E-state index is 0.0924. The van der Waals surface area contributed by atoms with Crippen LogP contribution in [0.1, 0.15) is 36.5 Å². The molecule has 1 N–H and O–H groups in total. The van der Waals surface area contributed by atoms with E-state index in [0.29, 0.717) is 43.6 Å². The van der Waals surface area contributed by atoms with Gasteiger partial charge in [-0.3, -0.25) is 19.1 Å². The van der Waals surface area contributed by atoms with E-state index < -0.39 is 5.97 Å². The Morgan fingerprint density at radius 3 is 2.55 bits per heavy atom. The normalized spacial score (nSPS) is 16.9. The molecule has 29 heavy (non-hydrogen) atoms. The van der Waals surface area contributed by atoms with E-state index in [4.69, 9.17) is 5.11 Å². The SMILES string of the molecule is CC(=O)N(CC(=O)O)C1CCCN(C(=O)c2cn(C)nc2-c2ccccc2)CC1. The van der Waals surface area contributed by atoms with E-state index in [1.807, 2.05) is 30.3 Å². The van der Waals surface area contributed by atoms with Crippen molar-refractivity contribution in [2.24, 2.45) is 7.05 Å². The first-order valence-electron chi connectivity index (χ1n) is 9.74. The summed E-state index contributed by atoms with van der Waals surface area (Å²) in [5, 5.41) is 13.6. The molecule has 2 aromatic rings. The fourth-order valence-electron chi connectivity index (χ4n) is 3.86. The Labute approximate surface area is 169 Å². The molecule has 0 spiro atoms. The average Bonchev–Trinajstić information content (AvgIpc) is 2.92. The summed E-state index contributed by atoms with van der Waals surface area (Å²) in [6, 6.07) is 9.41. The van der Waals surface area contributed by atoms with Crippen LogP contribution in [0.3, 0.4) is 0 Å². The summed E-state index contributed by atoms with van der Waals surface area (Å²) in [5.74, 6) is -1.37. The van der Waals surface area contributed by atoms with Crippen molar-refractivity contribution in [3.63, 3.8) is 0 Å². The molecule has 1 unspecified atom stereocenters. The van der Waals surface area contributed by atoms with E-state index in [-0.39, 0.29) is 24.4 Å². The number of carboxylic acid groups (broad SMARTS) is 1. The van der Waals surface area contributed by atoms with Gasteiger partial charge >= 0.3 is 5.97 Å². The first kappa shape index (κ1) is 20.6. The summed E-state index contributed by atoms with van der Waals surface area (Å²) in [5.41, 5.74) is 2.08. The van der Waals surface area contributed by atoms with Crippen LogP contribution in [-0.4, -0.2) is 68.1 Å². The maximum Gasteiger partial charge on any atom is 0.323 e. The highest BCUT2D eigenvalue weighted by molar-refractivity contribution is 5.99. The Hall–Kier alpha value is -3.16. The number of likely N-dealkylation sites (tertiary alicyclic amines) is 1. The number of carbonyl (C=O) groups excluding carboxylic acids is 2. The maximum atomic E-state index is 13.2. The van der Waals surface area contributed by atoms with E-state index >= 15 is 0 Å². The van der Waals surface area contributed by atoms with Crippen molar-refractivity contribution in [3.05, 3.63) is 42.1 Å². The van der Waals surface area contributed by atoms with Crippen LogP contribution in [0.5, 0.6) is 0 Å². The lowest BCUT2D eigenvalue weighted by molar-refractivity contribution is -0.145. The number of carbonyl (C=O) groups is 3. The molecular weight excluding hydrogens is 372 g/mol. The van der Waals surface area contributed by atoms with Gasteiger partial charge in [-0.1, -0.05) is 30.3 Å². The fraction of sp³-hybridized carbons (Fsp3) is 0.429. The van der Waals surface area contributed by atoms with E-state index in [1.54, 1.807) is 22.8 Å². The summed E-state index contributed by atoms with van der Waals surface area (Å²) < 4.78 is 1.64. The average molecular weight is 398 g/mol. The zero-order valence-corrected chi connectivity index (χ0v) is 16.7. The molecule has 1 saturated heterocycles. The van der Waals surface area contributed by atoms with Crippen molar-refractivity contribution in [2.45, 2.75) is 32.2 Å². The molecule has 1 aliphatic heterocycles. The van der Waals surface area contributed by atoms with Gasteiger partial charge in [0.15, 0.2) is 0 Å². The Kier molecular flexibility index (Phi) is 6.31. The lowest BCUT2D eigenvalue weighted by Gasteiger charge is -2.28. The van der Waals surface area contributed by atoms with Crippen molar-refractivity contribution in [2.75, 3.05) is 19.6 Å². The van der Waals surface area contributed by atoms with Gasteiger partial charge < -0.3 is 14.9 Å². The van der Waals surface area contributed by atoms with Crippen molar-refractivity contribution in [1.29, 1.82) is 0 Å². The lowest BCUT2D eigenvalue weighted by atomic mass is 10.1. The van der Waals surface area contributed by atoms with E-state index in [2.05, 4.69) is 5.10 Å². The number of nitrogens with zero attached hydrogens (tertiary/aromatic N) is 4. The number of rotatable bonds is 5. The van der Waals surface area contributed by atoms with Crippen LogP contribution in [0.15, 0.2) is 36.5 Å². The van der Waals surface area contributed by atoms with Crippen LogP contribution < -0.4 is 0 Å².